The average molecular weight is 241 g/mol. The molecular weight excluding hydrogens is 227 g/mol. The van der Waals surface area contributed by atoms with Gasteiger partial charge in [0.15, 0.2) is 0 Å². The Morgan fingerprint density at radius 2 is 1.93 bits per heavy atom. The van der Waals surface area contributed by atoms with E-state index < -0.39 is 18.6 Å². The van der Waals surface area contributed by atoms with E-state index in [9.17, 15) is 18.0 Å². The van der Waals surface area contributed by atoms with Gasteiger partial charge in [-0.2, -0.15) is 13.2 Å². The molecule has 0 saturated heterocycles. The summed E-state index contributed by atoms with van der Waals surface area (Å²) in [5, 5.41) is 2.32. The van der Waals surface area contributed by atoms with Crippen LogP contribution >= 0.6 is 11.8 Å². The van der Waals surface area contributed by atoms with E-state index in [1.54, 1.807) is 0 Å². The van der Waals surface area contributed by atoms with Crippen LogP contribution in [-0.2, 0) is 4.79 Å². The SMILES string of the molecule is O=C(CSC1CCCC1)NCC(F)(F)F. The van der Waals surface area contributed by atoms with Crippen LogP contribution in [0.3, 0.4) is 0 Å². The number of carbonyl (C=O) groups excluding carboxylic acids is 1. The predicted octanol–water partition coefficient (Wildman–Crippen LogP) is 2.34. The lowest BCUT2D eigenvalue weighted by Gasteiger charge is -2.10. The molecule has 0 aromatic carbocycles. The number of rotatable bonds is 4. The maximum Gasteiger partial charge on any atom is 0.405 e. The van der Waals surface area contributed by atoms with Crippen molar-refractivity contribution in [3.8, 4) is 0 Å². The van der Waals surface area contributed by atoms with Crippen molar-refractivity contribution < 1.29 is 18.0 Å². The molecule has 1 aliphatic rings. The lowest BCUT2D eigenvalue weighted by atomic mass is 10.4. The molecule has 0 heterocycles. The van der Waals surface area contributed by atoms with Crippen LogP contribution in [0.15, 0.2) is 0 Å². The molecule has 0 spiro atoms. The third kappa shape index (κ3) is 5.92. The zero-order chi connectivity index (χ0) is 11.3. The Labute approximate surface area is 91.0 Å². The van der Waals surface area contributed by atoms with Crippen LogP contribution < -0.4 is 5.32 Å². The fourth-order valence-electron chi connectivity index (χ4n) is 1.50. The highest BCUT2D eigenvalue weighted by Gasteiger charge is 2.27. The molecule has 1 N–H and O–H groups in total. The van der Waals surface area contributed by atoms with E-state index in [1.807, 2.05) is 5.32 Å². The summed E-state index contributed by atoms with van der Waals surface area (Å²) in [6, 6.07) is 0. The van der Waals surface area contributed by atoms with E-state index in [1.165, 1.54) is 24.6 Å². The molecule has 88 valence electrons. The Balaban J connectivity index is 2.08. The third-order valence-corrected chi connectivity index (χ3v) is 3.61. The van der Waals surface area contributed by atoms with Crippen molar-refractivity contribution in [1.82, 2.24) is 5.32 Å². The van der Waals surface area contributed by atoms with Crippen LogP contribution in [0.25, 0.3) is 0 Å². The fraction of sp³-hybridized carbons (Fsp3) is 0.889. The number of carbonyl (C=O) groups is 1. The second-order valence-electron chi connectivity index (χ2n) is 3.61. The average Bonchev–Trinajstić information content (AvgIpc) is 2.62. The lowest BCUT2D eigenvalue weighted by Crippen LogP contribution is -2.35. The number of alkyl halides is 3. The molecule has 0 aromatic rings. The summed E-state index contributed by atoms with van der Waals surface area (Å²) in [5.41, 5.74) is 0. The Morgan fingerprint density at radius 3 is 2.47 bits per heavy atom. The van der Waals surface area contributed by atoms with E-state index in [4.69, 9.17) is 0 Å². The van der Waals surface area contributed by atoms with Gasteiger partial charge in [0, 0.05) is 5.25 Å². The van der Waals surface area contributed by atoms with Crippen LogP contribution in [0.4, 0.5) is 13.2 Å². The lowest BCUT2D eigenvalue weighted by molar-refractivity contribution is -0.136. The van der Waals surface area contributed by atoms with E-state index in [2.05, 4.69) is 0 Å². The zero-order valence-corrected chi connectivity index (χ0v) is 9.09. The molecule has 0 aliphatic heterocycles. The van der Waals surface area contributed by atoms with Crippen molar-refractivity contribution >= 4 is 17.7 Å². The summed E-state index contributed by atoms with van der Waals surface area (Å²) in [7, 11) is 0. The Kier molecular flexibility index (Phi) is 4.76. The number of thioether (sulfide) groups is 1. The van der Waals surface area contributed by atoms with Crippen LogP contribution in [0.5, 0.6) is 0 Å². The van der Waals surface area contributed by atoms with Crippen molar-refractivity contribution in [2.24, 2.45) is 0 Å². The maximum absolute atomic E-state index is 11.7. The van der Waals surface area contributed by atoms with Gasteiger partial charge in [0.25, 0.3) is 0 Å². The molecule has 0 atom stereocenters. The zero-order valence-electron chi connectivity index (χ0n) is 8.27. The first-order chi connectivity index (χ1) is 6.97. The Bertz CT molecular complexity index is 214. The standard InChI is InChI=1S/C9H14F3NOS/c10-9(11,12)6-13-8(14)5-15-7-3-1-2-4-7/h7H,1-6H2,(H,13,14). The molecule has 1 saturated carbocycles. The van der Waals surface area contributed by atoms with Crippen molar-refractivity contribution in [3.63, 3.8) is 0 Å². The number of amides is 1. The minimum Gasteiger partial charge on any atom is -0.346 e. The monoisotopic (exact) mass is 241 g/mol. The van der Waals surface area contributed by atoms with E-state index >= 15 is 0 Å². The van der Waals surface area contributed by atoms with Crippen LogP contribution in [0.2, 0.25) is 0 Å². The highest BCUT2D eigenvalue weighted by atomic mass is 32.2. The predicted molar refractivity (Wildman–Crippen MR) is 53.8 cm³/mol. The normalized spacial score (nSPS) is 18.1. The van der Waals surface area contributed by atoms with Crippen LogP contribution in [0, 0.1) is 0 Å². The molecular formula is C9H14F3NOS. The second kappa shape index (κ2) is 5.63. The quantitative estimate of drug-likeness (QED) is 0.818. The molecule has 1 rings (SSSR count). The van der Waals surface area contributed by atoms with Crippen molar-refractivity contribution in [3.05, 3.63) is 0 Å². The number of halogens is 3. The van der Waals surface area contributed by atoms with Gasteiger partial charge in [-0.3, -0.25) is 4.79 Å². The van der Waals surface area contributed by atoms with Crippen molar-refractivity contribution in [2.75, 3.05) is 12.3 Å². The molecule has 15 heavy (non-hydrogen) atoms. The van der Waals surface area contributed by atoms with E-state index in [0.29, 0.717) is 5.25 Å². The first-order valence-corrected chi connectivity index (χ1v) is 5.97. The van der Waals surface area contributed by atoms with Gasteiger partial charge in [0.2, 0.25) is 5.91 Å². The fourth-order valence-corrected chi connectivity index (χ4v) is 2.65. The van der Waals surface area contributed by atoms with E-state index in [0.717, 1.165) is 12.8 Å². The van der Waals surface area contributed by atoms with Gasteiger partial charge in [-0.15, -0.1) is 11.8 Å². The smallest absolute Gasteiger partial charge is 0.346 e. The summed E-state index contributed by atoms with van der Waals surface area (Å²) in [6.07, 6.45) is 0.186. The first-order valence-electron chi connectivity index (χ1n) is 4.92. The molecule has 0 radical (unpaired) electrons. The number of hydrogen-bond donors (Lipinski definition) is 1. The summed E-state index contributed by atoms with van der Waals surface area (Å²) in [4.78, 5) is 11.0. The maximum atomic E-state index is 11.7. The summed E-state index contributed by atoms with van der Waals surface area (Å²) in [6.45, 7) is -1.23. The molecule has 6 heteroatoms. The van der Waals surface area contributed by atoms with Crippen LogP contribution in [0.1, 0.15) is 25.7 Å². The van der Waals surface area contributed by atoms with Crippen molar-refractivity contribution in [1.29, 1.82) is 0 Å². The van der Waals surface area contributed by atoms with E-state index in [-0.39, 0.29) is 5.75 Å². The van der Waals surface area contributed by atoms with Gasteiger partial charge in [-0.05, 0) is 12.8 Å². The summed E-state index contributed by atoms with van der Waals surface area (Å²) >= 11 is 1.46. The van der Waals surface area contributed by atoms with Gasteiger partial charge in [0.05, 0.1) is 5.75 Å². The number of hydrogen-bond acceptors (Lipinski definition) is 2. The Morgan fingerprint density at radius 1 is 1.33 bits per heavy atom. The molecule has 1 aliphatic carbocycles. The van der Waals surface area contributed by atoms with Crippen LogP contribution in [-0.4, -0.2) is 29.6 Å². The molecule has 0 bridgehead atoms. The van der Waals surface area contributed by atoms with Gasteiger partial charge in [-0.25, -0.2) is 0 Å². The van der Waals surface area contributed by atoms with Gasteiger partial charge in [-0.1, -0.05) is 12.8 Å². The highest BCUT2D eigenvalue weighted by molar-refractivity contribution is 8.00. The Hall–Kier alpha value is -0.390. The minimum absolute atomic E-state index is 0.140. The first kappa shape index (κ1) is 12.7. The minimum atomic E-state index is -4.31. The van der Waals surface area contributed by atoms with Crippen molar-refractivity contribution in [2.45, 2.75) is 37.1 Å². The molecule has 0 aromatic heterocycles. The number of nitrogens with one attached hydrogen (secondary N) is 1. The topological polar surface area (TPSA) is 29.1 Å². The molecule has 1 amide bonds. The van der Waals surface area contributed by atoms with Gasteiger partial charge < -0.3 is 5.32 Å². The molecule has 1 fully saturated rings. The van der Waals surface area contributed by atoms with Gasteiger partial charge in [0.1, 0.15) is 6.54 Å². The molecule has 0 unspecified atom stereocenters. The largest absolute Gasteiger partial charge is 0.405 e. The summed E-state index contributed by atoms with van der Waals surface area (Å²) in [5.74, 6) is -0.384. The second-order valence-corrected chi connectivity index (χ2v) is 4.90. The highest BCUT2D eigenvalue weighted by Crippen LogP contribution is 2.29. The molecule has 2 nitrogen and oxygen atoms in total. The van der Waals surface area contributed by atoms with Gasteiger partial charge >= 0.3 is 6.18 Å². The third-order valence-electron chi connectivity index (χ3n) is 2.24. The summed E-state index contributed by atoms with van der Waals surface area (Å²) < 4.78 is 35.2.